The number of carbonyl (C=O) groups is 1. The fourth-order valence-electron chi connectivity index (χ4n) is 5.56. The number of carbonyl (C=O) groups excluding carboxylic acids is 1. The number of piperazine rings is 1. The molecular weight excluding hydrogens is 438 g/mol. The Labute approximate surface area is 206 Å². The summed E-state index contributed by atoms with van der Waals surface area (Å²) in [4.78, 5) is 26.8. The number of methoxy groups -OCH3 is 1. The van der Waals surface area contributed by atoms with E-state index in [1.807, 2.05) is 12.4 Å². The monoisotopic (exact) mass is 471 g/mol. The maximum atomic E-state index is 12.9. The Morgan fingerprint density at radius 3 is 2.77 bits per heavy atom. The summed E-state index contributed by atoms with van der Waals surface area (Å²) >= 11 is 0. The fraction of sp³-hybridized carbons (Fsp3) is 0.464. The van der Waals surface area contributed by atoms with Crippen LogP contribution in [0.2, 0.25) is 0 Å². The van der Waals surface area contributed by atoms with Crippen LogP contribution in [0, 0.1) is 5.92 Å². The second-order valence-electron chi connectivity index (χ2n) is 10.2. The Balaban J connectivity index is 1.33. The minimum atomic E-state index is 0.198. The summed E-state index contributed by atoms with van der Waals surface area (Å²) in [6.45, 7) is 2.73. The summed E-state index contributed by atoms with van der Waals surface area (Å²) in [6.07, 6.45) is 8.92. The summed E-state index contributed by atoms with van der Waals surface area (Å²) in [7, 11) is 1.65. The number of hydrogen-bond acceptors (Lipinski definition) is 6. The SMILES string of the molecule is COCCC(=O)N1CCN(c2nc(C3CC3)c(-c3cccc4cnccc34)cc2N)C[C@H]1C1CC1. The van der Waals surface area contributed by atoms with E-state index in [9.17, 15) is 4.79 Å². The van der Waals surface area contributed by atoms with Crippen molar-refractivity contribution in [2.75, 3.05) is 44.0 Å². The number of ether oxygens (including phenoxy) is 1. The van der Waals surface area contributed by atoms with E-state index in [4.69, 9.17) is 15.5 Å². The van der Waals surface area contributed by atoms with E-state index in [2.05, 4.69) is 45.1 Å². The molecule has 2 aliphatic carbocycles. The van der Waals surface area contributed by atoms with Crippen LogP contribution < -0.4 is 10.6 Å². The van der Waals surface area contributed by atoms with Crippen molar-refractivity contribution >= 4 is 28.2 Å². The van der Waals surface area contributed by atoms with Gasteiger partial charge in [0.25, 0.3) is 0 Å². The zero-order chi connectivity index (χ0) is 23.9. The summed E-state index contributed by atoms with van der Waals surface area (Å²) in [5.41, 5.74) is 10.9. The number of rotatable bonds is 7. The molecule has 2 aromatic heterocycles. The standard InChI is InChI=1S/C28H33N5O2/c1-35-14-10-26(34)33-13-12-32(17-25(33)18-5-6-18)28-24(29)15-23(27(31-28)19-7-8-19)22-4-2-3-20-16-30-11-9-21(20)22/h2-4,9,11,15-16,18-19,25H,5-8,10,12-14,17,29H2,1H3/t25-/m0/s1. The van der Waals surface area contributed by atoms with Crippen molar-refractivity contribution in [2.24, 2.45) is 5.92 Å². The van der Waals surface area contributed by atoms with Gasteiger partial charge in [-0.3, -0.25) is 9.78 Å². The summed E-state index contributed by atoms with van der Waals surface area (Å²) in [5, 5.41) is 2.30. The number of aromatic nitrogens is 2. The minimum absolute atomic E-state index is 0.198. The van der Waals surface area contributed by atoms with Crippen LogP contribution in [0.4, 0.5) is 11.5 Å². The summed E-state index contributed by atoms with van der Waals surface area (Å²) < 4.78 is 5.15. The molecule has 35 heavy (non-hydrogen) atoms. The van der Waals surface area contributed by atoms with Crippen LogP contribution in [0.25, 0.3) is 21.9 Å². The number of nitrogen functional groups attached to an aromatic ring is 1. The lowest BCUT2D eigenvalue weighted by Crippen LogP contribution is -2.56. The third kappa shape index (κ3) is 4.33. The molecule has 1 saturated heterocycles. The highest BCUT2D eigenvalue weighted by atomic mass is 16.5. The Hall–Kier alpha value is -3.19. The largest absolute Gasteiger partial charge is 0.396 e. The molecule has 1 aliphatic heterocycles. The highest BCUT2D eigenvalue weighted by Crippen LogP contribution is 2.47. The highest BCUT2D eigenvalue weighted by Gasteiger charge is 2.41. The number of hydrogen-bond donors (Lipinski definition) is 1. The fourth-order valence-corrected chi connectivity index (χ4v) is 5.56. The number of anilines is 2. The van der Waals surface area contributed by atoms with E-state index in [0.29, 0.717) is 37.1 Å². The number of benzene rings is 1. The van der Waals surface area contributed by atoms with Gasteiger partial charge in [-0.15, -0.1) is 0 Å². The molecule has 182 valence electrons. The lowest BCUT2D eigenvalue weighted by molar-refractivity contribution is -0.135. The topological polar surface area (TPSA) is 84.6 Å². The first-order chi connectivity index (χ1) is 17.1. The van der Waals surface area contributed by atoms with Gasteiger partial charge >= 0.3 is 0 Å². The van der Waals surface area contributed by atoms with E-state index in [1.54, 1.807) is 7.11 Å². The van der Waals surface area contributed by atoms with Crippen molar-refractivity contribution in [3.63, 3.8) is 0 Å². The van der Waals surface area contributed by atoms with Crippen molar-refractivity contribution in [1.29, 1.82) is 0 Å². The molecule has 0 spiro atoms. The van der Waals surface area contributed by atoms with Crippen molar-refractivity contribution in [1.82, 2.24) is 14.9 Å². The van der Waals surface area contributed by atoms with Crippen LogP contribution in [-0.4, -0.2) is 60.2 Å². The molecule has 2 saturated carbocycles. The number of amides is 1. The van der Waals surface area contributed by atoms with Gasteiger partial charge in [-0.05, 0) is 54.7 Å². The van der Waals surface area contributed by atoms with Crippen molar-refractivity contribution in [3.05, 3.63) is 48.4 Å². The molecule has 6 rings (SSSR count). The minimum Gasteiger partial charge on any atom is -0.396 e. The predicted molar refractivity (Wildman–Crippen MR) is 138 cm³/mol. The van der Waals surface area contributed by atoms with Crippen LogP contribution in [-0.2, 0) is 9.53 Å². The molecule has 1 amide bonds. The lowest BCUT2D eigenvalue weighted by Gasteiger charge is -2.43. The van der Waals surface area contributed by atoms with Gasteiger partial charge in [-0.25, -0.2) is 4.98 Å². The maximum absolute atomic E-state index is 12.9. The van der Waals surface area contributed by atoms with E-state index < -0.39 is 0 Å². The van der Waals surface area contributed by atoms with Crippen LogP contribution in [0.1, 0.15) is 43.7 Å². The van der Waals surface area contributed by atoms with Gasteiger partial charge in [0.1, 0.15) is 0 Å². The molecule has 1 atom stereocenters. The Morgan fingerprint density at radius 2 is 2.00 bits per heavy atom. The zero-order valence-corrected chi connectivity index (χ0v) is 20.3. The summed E-state index contributed by atoms with van der Waals surface area (Å²) in [5.74, 6) is 2.14. The van der Waals surface area contributed by atoms with Gasteiger partial charge < -0.3 is 20.3 Å². The first-order valence-corrected chi connectivity index (χ1v) is 12.8. The second kappa shape index (κ2) is 9.11. The average Bonchev–Trinajstić information content (AvgIpc) is 3.80. The molecule has 0 bridgehead atoms. The van der Waals surface area contributed by atoms with Crippen LogP contribution in [0.3, 0.4) is 0 Å². The second-order valence-corrected chi connectivity index (χ2v) is 10.2. The van der Waals surface area contributed by atoms with E-state index in [1.165, 1.54) is 36.6 Å². The molecule has 2 N–H and O–H groups in total. The number of pyridine rings is 2. The van der Waals surface area contributed by atoms with Crippen LogP contribution >= 0.6 is 0 Å². The highest BCUT2D eigenvalue weighted by molar-refractivity contribution is 5.97. The van der Waals surface area contributed by atoms with Crippen molar-refractivity contribution in [2.45, 2.75) is 44.1 Å². The first-order valence-electron chi connectivity index (χ1n) is 12.8. The molecule has 3 aliphatic rings. The molecule has 3 fully saturated rings. The van der Waals surface area contributed by atoms with E-state index in [-0.39, 0.29) is 11.9 Å². The van der Waals surface area contributed by atoms with Gasteiger partial charge in [-0.1, -0.05) is 18.2 Å². The molecule has 0 radical (unpaired) electrons. The van der Waals surface area contributed by atoms with Crippen molar-refractivity contribution < 1.29 is 9.53 Å². The van der Waals surface area contributed by atoms with Gasteiger partial charge in [0, 0.05) is 56.0 Å². The van der Waals surface area contributed by atoms with E-state index >= 15 is 0 Å². The third-order valence-electron chi connectivity index (χ3n) is 7.72. The maximum Gasteiger partial charge on any atom is 0.225 e. The predicted octanol–water partition coefficient (Wildman–Crippen LogP) is 4.22. The van der Waals surface area contributed by atoms with E-state index in [0.717, 1.165) is 35.6 Å². The number of nitrogens with zero attached hydrogens (tertiary/aromatic N) is 4. The normalized spacial score (nSPS) is 20.4. The smallest absolute Gasteiger partial charge is 0.225 e. The molecule has 1 aromatic carbocycles. The first kappa shape index (κ1) is 22.3. The average molecular weight is 472 g/mol. The van der Waals surface area contributed by atoms with Crippen molar-refractivity contribution in [3.8, 4) is 11.1 Å². The van der Waals surface area contributed by atoms with Gasteiger partial charge in [0.2, 0.25) is 5.91 Å². The Bertz CT molecular complexity index is 1250. The van der Waals surface area contributed by atoms with Gasteiger partial charge in [-0.2, -0.15) is 0 Å². The molecule has 0 unspecified atom stereocenters. The molecule has 7 nitrogen and oxygen atoms in total. The third-order valence-corrected chi connectivity index (χ3v) is 7.72. The molecule has 7 heteroatoms. The Kier molecular flexibility index (Phi) is 5.80. The zero-order valence-electron chi connectivity index (χ0n) is 20.3. The Morgan fingerprint density at radius 1 is 1.14 bits per heavy atom. The molecule has 3 aromatic rings. The van der Waals surface area contributed by atoms with Crippen LogP contribution in [0.5, 0.6) is 0 Å². The quantitative estimate of drug-likeness (QED) is 0.555. The molecular formula is C28H33N5O2. The van der Waals surface area contributed by atoms with Gasteiger partial charge in [0.05, 0.1) is 30.5 Å². The number of nitrogens with two attached hydrogens (primary N) is 1. The molecule has 3 heterocycles. The summed E-state index contributed by atoms with van der Waals surface area (Å²) in [6, 6.07) is 10.8. The van der Waals surface area contributed by atoms with Crippen LogP contribution in [0.15, 0.2) is 42.7 Å². The number of fused-ring (bicyclic) bond motifs is 1. The van der Waals surface area contributed by atoms with Gasteiger partial charge in [0.15, 0.2) is 5.82 Å². The lowest BCUT2D eigenvalue weighted by atomic mass is 9.96.